The number of pyridine rings is 2. The molecule has 0 aliphatic carbocycles. The number of aromatic amines is 1. The third kappa shape index (κ3) is 2.60. The average molecular weight is 281 g/mol. The molecule has 0 unspecified atom stereocenters. The molecule has 0 fully saturated rings. The quantitative estimate of drug-likeness (QED) is 0.365. The highest BCUT2D eigenvalue weighted by atomic mass is 16.2. The highest BCUT2D eigenvalue weighted by Gasteiger charge is 2.11. The largest absolute Gasteiger partial charge is 0.290 e. The Labute approximate surface area is 119 Å². The lowest BCUT2D eigenvalue weighted by molar-refractivity contribution is 0.0953. The Morgan fingerprint density at radius 3 is 2.76 bits per heavy atom. The monoisotopic (exact) mass is 281 g/mol. The Balaban J connectivity index is 1.95. The first-order valence-corrected chi connectivity index (χ1v) is 6.08. The molecule has 0 saturated carbocycles. The topological polar surface area (TPSA) is 122 Å². The number of hydrogen-bond acceptors (Lipinski definition) is 6. The Morgan fingerprint density at radius 2 is 2.00 bits per heavy atom. The van der Waals surface area contributed by atoms with Crippen LogP contribution >= 0.6 is 0 Å². The van der Waals surface area contributed by atoms with Crippen molar-refractivity contribution in [2.24, 2.45) is 5.84 Å². The van der Waals surface area contributed by atoms with E-state index in [9.17, 15) is 4.79 Å². The minimum atomic E-state index is -0.396. The van der Waals surface area contributed by atoms with Crippen molar-refractivity contribution in [2.75, 3.05) is 0 Å². The molecule has 104 valence electrons. The highest BCUT2D eigenvalue weighted by molar-refractivity contribution is 5.94. The molecule has 4 N–H and O–H groups in total. The van der Waals surface area contributed by atoms with Crippen LogP contribution in [0.5, 0.6) is 0 Å². The Kier molecular flexibility index (Phi) is 3.36. The number of nitrogens with two attached hydrogens (primary N) is 1. The summed E-state index contributed by atoms with van der Waals surface area (Å²) in [6.07, 6.45) is 4.83. The minimum Gasteiger partial charge on any atom is -0.290 e. The number of nitrogens with zero attached hydrogens (tertiary/aromatic N) is 4. The molecule has 21 heavy (non-hydrogen) atoms. The van der Waals surface area contributed by atoms with Crippen LogP contribution in [0.3, 0.4) is 0 Å². The molecule has 0 spiro atoms. The maximum absolute atomic E-state index is 11.5. The molecule has 3 aromatic heterocycles. The zero-order valence-corrected chi connectivity index (χ0v) is 10.8. The number of carbonyl (C=O) groups is 1. The molecule has 0 aliphatic heterocycles. The number of H-pyrrole nitrogens is 1. The van der Waals surface area contributed by atoms with E-state index in [-0.39, 0.29) is 0 Å². The lowest BCUT2D eigenvalue weighted by Gasteiger charge is -2.00. The molecule has 0 saturated heterocycles. The maximum atomic E-state index is 11.5. The second-order valence-electron chi connectivity index (χ2n) is 4.15. The molecule has 0 radical (unpaired) electrons. The maximum Gasteiger partial charge on any atom is 0.265 e. The van der Waals surface area contributed by atoms with E-state index in [1.807, 2.05) is 0 Å². The highest BCUT2D eigenvalue weighted by Crippen LogP contribution is 2.18. The van der Waals surface area contributed by atoms with Gasteiger partial charge in [-0.1, -0.05) is 0 Å². The van der Waals surface area contributed by atoms with Gasteiger partial charge in [0.05, 0.1) is 0 Å². The van der Waals surface area contributed by atoms with E-state index in [1.54, 1.807) is 36.7 Å². The molecule has 3 heterocycles. The predicted octanol–water partition coefficient (Wildman–Crippen LogP) is 0.532. The standard InChI is InChI=1S/C13H11N7O/c14-18-13(21)9-3-6-16-10(7-9)12-17-11(19-20-12)8-1-4-15-5-2-8/h1-7H,14H2,(H,18,21)(H,17,19,20). The Morgan fingerprint density at radius 1 is 1.19 bits per heavy atom. The number of rotatable bonds is 3. The number of nitrogen functional groups attached to an aromatic ring is 1. The van der Waals surface area contributed by atoms with Crippen LogP contribution in [-0.4, -0.2) is 31.1 Å². The number of hydrogen-bond donors (Lipinski definition) is 3. The van der Waals surface area contributed by atoms with Crippen molar-refractivity contribution >= 4 is 5.91 Å². The van der Waals surface area contributed by atoms with E-state index in [2.05, 4.69) is 30.6 Å². The van der Waals surface area contributed by atoms with E-state index in [0.29, 0.717) is 22.9 Å². The average Bonchev–Trinajstić information content (AvgIpc) is 3.05. The molecule has 8 nitrogen and oxygen atoms in total. The summed E-state index contributed by atoms with van der Waals surface area (Å²) in [6.45, 7) is 0. The van der Waals surface area contributed by atoms with Gasteiger partial charge in [-0.2, -0.15) is 5.10 Å². The zero-order chi connectivity index (χ0) is 14.7. The second kappa shape index (κ2) is 5.47. The van der Waals surface area contributed by atoms with Crippen LogP contribution in [0.4, 0.5) is 0 Å². The normalized spacial score (nSPS) is 10.3. The van der Waals surface area contributed by atoms with Crippen molar-refractivity contribution in [3.05, 3.63) is 48.4 Å². The van der Waals surface area contributed by atoms with Gasteiger partial charge in [0.25, 0.3) is 5.91 Å². The van der Waals surface area contributed by atoms with Crippen molar-refractivity contribution in [2.45, 2.75) is 0 Å². The SMILES string of the molecule is NNC(=O)c1ccnc(-c2nc(-c3ccncc3)n[nH]2)c1. The smallest absolute Gasteiger partial charge is 0.265 e. The second-order valence-corrected chi connectivity index (χ2v) is 4.15. The third-order valence-corrected chi connectivity index (χ3v) is 2.82. The molecule has 0 bridgehead atoms. The van der Waals surface area contributed by atoms with Crippen molar-refractivity contribution in [1.29, 1.82) is 0 Å². The van der Waals surface area contributed by atoms with Gasteiger partial charge in [0.2, 0.25) is 0 Å². The van der Waals surface area contributed by atoms with Crippen LogP contribution in [0, 0.1) is 0 Å². The molecule has 0 atom stereocenters. The fourth-order valence-electron chi connectivity index (χ4n) is 1.79. The summed E-state index contributed by atoms with van der Waals surface area (Å²) in [7, 11) is 0. The summed E-state index contributed by atoms with van der Waals surface area (Å²) in [6, 6.07) is 6.75. The van der Waals surface area contributed by atoms with Crippen molar-refractivity contribution in [3.8, 4) is 22.9 Å². The van der Waals surface area contributed by atoms with Gasteiger partial charge in [-0.15, -0.1) is 0 Å². The molecule has 8 heteroatoms. The van der Waals surface area contributed by atoms with Crippen LogP contribution in [0.25, 0.3) is 22.9 Å². The summed E-state index contributed by atoms with van der Waals surface area (Å²) in [4.78, 5) is 24.0. The predicted molar refractivity (Wildman–Crippen MR) is 74.5 cm³/mol. The van der Waals surface area contributed by atoms with Crippen LogP contribution in [0.2, 0.25) is 0 Å². The molecule has 0 aliphatic rings. The first kappa shape index (κ1) is 12.9. The van der Waals surface area contributed by atoms with Gasteiger partial charge in [0, 0.05) is 29.7 Å². The number of hydrazine groups is 1. The van der Waals surface area contributed by atoms with Gasteiger partial charge in [-0.05, 0) is 24.3 Å². The fourth-order valence-corrected chi connectivity index (χ4v) is 1.79. The van der Waals surface area contributed by atoms with E-state index in [0.717, 1.165) is 5.56 Å². The fraction of sp³-hybridized carbons (Fsp3) is 0. The van der Waals surface area contributed by atoms with E-state index >= 15 is 0 Å². The molecular formula is C13H11N7O. The first-order chi connectivity index (χ1) is 10.3. The minimum absolute atomic E-state index is 0.393. The molecule has 1 amide bonds. The van der Waals surface area contributed by atoms with Crippen molar-refractivity contribution < 1.29 is 4.79 Å². The Hall–Kier alpha value is -3.13. The van der Waals surface area contributed by atoms with Gasteiger partial charge >= 0.3 is 0 Å². The van der Waals surface area contributed by atoms with Crippen LogP contribution in [0.1, 0.15) is 10.4 Å². The van der Waals surface area contributed by atoms with Gasteiger partial charge < -0.3 is 0 Å². The molecule has 3 aromatic rings. The van der Waals surface area contributed by atoms with Gasteiger partial charge in [0.15, 0.2) is 11.6 Å². The van der Waals surface area contributed by atoms with Gasteiger partial charge in [0.1, 0.15) is 5.69 Å². The van der Waals surface area contributed by atoms with E-state index in [1.165, 1.54) is 6.20 Å². The number of amides is 1. The van der Waals surface area contributed by atoms with E-state index in [4.69, 9.17) is 5.84 Å². The third-order valence-electron chi connectivity index (χ3n) is 2.82. The van der Waals surface area contributed by atoms with Crippen LogP contribution in [-0.2, 0) is 0 Å². The lowest BCUT2D eigenvalue weighted by atomic mass is 10.2. The van der Waals surface area contributed by atoms with E-state index < -0.39 is 5.91 Å². The van der Waals surface area contributed by atoms with Crippen LogP contribution in [0.15, 0.2) is 42.9 Å². The summed E-state index contributed by atoms with van der Waals surface area (Å²) in [5, 5.41) is 6.93. The number of nitrogens with one attached hydrogen (secondary N) is 2. The first-order valence-electron chi connectivity index (χ1n) is 6.08. The van der Waals surface area contributed by atoms with Crippen LogP contribution < -0.4 is 11.3 Å². The van der Waals surface area contributed by atoms with Crippen molar-refractivity contribution in [3.63, 3.8) is 0 Å². The molecule has 0 aromatic carbocycles. The number of carbonyl (C=O) groups excluding carboxylic acids is 1. The van der Waals surface area contributed by atoms with Gasteiger partial charge in [-0.25, -0.2) is 10.8 Å². The van der Waals surface area contributed by atoms with Crippen molar-refractivity contribution in [1.82, 2.24) is 30.6 Å². The number of aromatic nitrogens is 5. The summed E-state index contributed by atoms with van der Waals surface area (Å²) in [5.74, 6) is 5.71. The summed E-state index contributed by atoms with van der Waals surface area (Å²) >= 11 is 0. The summed E-state index contributed by atoms with van der Waals surface area (Å²) < 4.78 is 0. The molecule has 3 rings (SSSR count). The Bertz CT molecular complexity index is 769. The summed E-state index contributed by atoms with van der Waals surface area (Å²) in [5.41, 5.74) is 3.80. The van der Waals surface area contributed by atoms with Gasteiger partial charge in [-0.3, -0.25) is 25.3 Å². The lowest BCUT2D eigenvalue weighted by Crippen LogP contribution is -2.29. The molecular weight excluding hydrogens is 270 g/mol. The zero-order valence-electron chi connectivity index (χ0n) is 10.8.